The van der Waals surface area contributed by atoms with Gasteiger partial charge >= 0.3 is 0 Å². The van der Waals surface area contributed by atoms with Crippen molar-refractivity contribution in [3.8, 4) is 0 Å². The third kappa shape index (κ3) is 1.03. The minimum Gasteiger partial charge on any atom is -0.496 e. The van der Waals surface area contributed by atoms with E-state index >= 15 is 0 Å². The molecule has 2 heterocycles. The maximum Gasteiger partial charge on any atom is 0.124 e. The molecule has 0 N–H and O–H groups in total. The molecule has 0 radical (unpaired) electrons. The van der Waals surface area contributed by atoms with Gasteiger partial charge in [-0.25, -0.2) is 0 Å². The molecule has 1 fully saturated rings. The van der Waals surface area contributed by atoms with Gasteiger partial charge in [0.1, 0.15) is 6.10 Å². The first-order chi connectivity index (χ1) is 4.97. The molecule has 10 heavy (non-hydrogen) atoms. The van der Waals surface area contributed by atoms with Crippen molar-refractivity contribution in [3.63, 3.8) is 0 Å². The van der Waals surface area contributed by atoms with Crippen molar-refractivity contribution in [1.29, 1.82) is 0 Å². The molecule has 1 saturated heterocycles. The highest BCUT2D eigenvalue weighted by Gasteiger charge is 2.27. The van der Waals surface area contributed by atoms with E-state index in [4.69, 9.17) is 9.47 Å². The highest BCUT2D eigenvalue weighted by molar-refractivity contribution is 4.90. The van der Waals surface area contributed by atoms with Crippen molar-refractivity contribution < 1.29 is 9.47 Å². The van der Waals surface area contributed by atoms with Crippen molar-refractivity contribution in [2.45, 2.75) is 31.5 Å². The first-order valence-electron chi connectivity index (χ1n) is 3.89. The summed E-state index contributed by atoms with van der Waals surface area (Å²) in [6.07, 6.45) is 7.87. The summed E-state index contributed by atoms with van der Waals surface area (Å²) in [5.41, 5.74) is 0. The Kier molecular flexibility index (Phi) is 1.63. The van der Waals surface area contributed by atoms with E-state index in [1.807, 2.05) is 6.08 Å². The Labute approximate surface area is 60.8 Å². The molecular weight excluding hydrogens is 128 g/mol. The van der Waals surface area contributed by atoms with Crippen LogP contribution >= 0.6 is 0 Å². The zero-order chi connectivity index (χ0) is 6.81. The van der Waals surface area contributed by atoms with Gasteiger partial charge in [0, 0.05) is 6.61 Å². The van der Waals surface area contributed by atoms with E-state index in [0.29, 0.717) is 12.2 Å². The second-order valence-corrected chi connectivity index (χ2v) is 2.83. The Morgan fingerprint density at radius 3 is 3.20 bits per heavy atom. The molecule has 0 bridgehead atoms. The summed E-state index contributed by atoms with van der Waals surface area (Å²) < 4.78 is 10.9. The molecule has 2 aliphatic rings. The molecule has 2 rings (SSSR count). The van der Waals surface area contributed by atoms with Crippen LogP contribution in [0.15, 0.2) is 12.3 Å². The first kappa shape index (κ1) is 6.23. The second-order valence-electron chi connectivity index (χ2n) is 2.83. The van der Waals surface area contributed by atoms with E-state index in [1.165, 1.54) is 0 Å². The van der Waals surface area contributed by atoms with E-state index < -0.39 is 0 Å². The summed E-state index contributed by atoms with van der Waals surface area (Å²) in [5.74, 6) is 0. The van der Waals surface area contributed by atoms with Crippen LogP contribution in [-0.4, -0.2) is 18.8 Å². The van der Waals surface area contributed by atoms with Crippen LogP contribution in [0.3, 0.4) is 0 Å². The van der Waals surface area contributed by atoms with Crippen LogP contribution in [0, 0.1) is 0 Å². The van der Waals surface area contributed by atoms with E-state index in [1.54, 1.807) is 6.26 Å². The van der Waals surface area contributed by atoms with Gasteiger partial charge < -0.3 is 9.47 Å². The average Bonchev–Trinajstić information content (AvgIpc) is 2.05. The number of fused-ring (bicyclic) bond motifs is 1. The fourth-order valence-corrected chi connectivity index (χ4v) is 1.53. The van der Waals surface area contributed by atoms with Gasteiger partial charge in [0.15, 0.2) is 0 Å². The molecule has 0 saturated carbocycles. The number of hydrogen-bond acceptors (Lipinski definition) is 2. The van der Waals surface area contributed by atoms with Crippen LogP contribution in [0.5, 0.6) is 0 Å². The summed E-state index contributed by atoms with van der Waals surface area (Å²) in [4.78, 5) is 0. The van der Waals surface area contributed by atoms with Gasteiger partial charge in [-0.1, -0.05) is 0 Å². The Hall–Kier alpha value is -0.500. The average molecular weight is 140 g/mol. The lowest BCUT2D eigenvalue weighted by molar-refractivity contribution is -0.0848. The summed E-state index contributed by atoms with van der Waals surface area (Å²) >= 11 is 0. The predicted octanol–water partition coefficient (Wildman–Crippen LogP) is 1.47. The molecule has 56 valence electrons. The van der Waals surface area contributed by atoms with Gasteiger partial charge in [0.05, 0.1) is 12.4 Å². The van der Waals surface area contributed by atoms with Crippen LogP contribution < -0.4 is 0 Å². The Morgan fingerprint density at radius 1 is 1.30 bits per heavy atom. The maximum atomic E-state index is 5.51. The number of rotatable bonds is 0. The lowest BCUT2D eigenvalue weighted by atomic mass is 10.0. The Morgan fingerprint density at radius 2 is 2.30 bits per heavy atom. The van der Waals surface area contributed by atoms with Gasteiger partial charge in [-0.05, 0) is 25.3 Å². The third-order valence-electron chi connectivity index (χ3n) is 2.10. The highest BCUT2D eigenvalue weighted by atomic mass is 16.5. The first-order valence-corrected chi connectivity index (χ1v) is 3.89. The fourth-order valence-electron chi connectivity index (χ4n) is 1.53. The highest BCUT2D eigenvalue weighted by Crippen LogP contribution is 2.23. The van der Waals surface area contributed by atoms with Crippen molar-refractivity contribution in [2.24, 2.45) is 0 Å². The zero-order valence-electron chi connectivity index (χ0n) is 5.95. The molecule has 0 spiro atoms. The standard InChI is InChI=1S/C8H12O2/c1-3-7-8(9-5-1)4-2-6-10-7/h1,5,7-8H,2-4,6H2/t7-,8-/m1/s1. The fraction of sp³-hybridized carbons (Fsp3) is 0.750. The third-order valence-corrected chi connectivity index (χ3v) is 2.10. The van der Waals surface area contributed by atoms with E-state index in [2.05, 4.69) is 0 Å². The smallest absolute Gasteiger partial charge is 0.124 e. The number of ether oxygens (including phenoxy) is 2. The van der Waals surface area contributed by atoms with Crippen molar-refractivity contribution in [3.05, 3.63) is 12.3 Å². The van der Waals surface area contributed by atoms with Crippen LogP contribution in [-0.2, 0) is 9.47 Å². The normalized spacial score (nSPS) is 38.4. The van der Waals surface area contributed by atoms with Crippen molar-refractivity contribution in [2.75, 3.05) is 6.61 Å². The maximum absolute atomic E-state index is 5.51. The largest absolute Gasteiger partial charge is 0.496 e. The van der Waals surface area contributed by atoms with Crippen LogP contribution in [0.4, 0.5) is 0 Å². The second kappa shape index (κ2) is 2.62. The van der Waals surface area contributed by atoms with Crippen molar-refractivity contribution >= 4 is 0 Å². The summed E-state index contributed by atoms with van der Waals surface area (Å²) in [7, 11) is 0. The van der Waals surface area contributed by atoms with Gasteiger partial charge in [0.25, 0.3) is 0 Å². The molecule has 0 aromatic carbocycles. The summed E-state index contributed by atoms with van der Waals surface area (Å²) in [6.45, 7) is 0.915. The molecule has 2 aliphatic heterocycles. The van der Waals surface area contributed by atoms with Gasteiger partial charge in [-0.2, -0.15) is 0 Å². The lowest BCUT2D eigenvalue weighted by Gasteiger charge is -2.32. The quantitative estimate of drug-likeness (QED) is 0.507. The van der Waals surface area contributed by atoms with Crippen LogP contribution in [0.1, 0.15) is 19.3 Å². The molecule has 0 aromatic rings. The van der Waals surface area contributed by atoms with E-state index in [9.17, 15) is 0 Å². The summed E-state index contributed by atoms with van der Waals surface area (Å²) in [5, 5.41) is 0. The molecule has 0 aromatic heterocycles. The molecule has 0 unspecified atom stereocenters. The van der Waals surface area contributed by atoms with Crippen LogP contribution in [0.25, 0.3) is 0 Å². The lowest BCUT2D eigenvalue weighted by Crippen LogP contribution is -2.36. The van der Waals surface area contributed by atoms with Gasteiger partial charge in [-0.3, -0.25) is 0 Å². The molecule has 0 aliphatic carbocycles. The Balaban J connectivity index is 2.01. The van der Waals surface area contributed by atoms with E-state index in [-0.39, 0.29) is 0 Å². The molecule has 2 atom stereocenters. The molecule has 2 nitrogen and oxygen atoms in total. The predicted molar refractivity (Wildman–Crippen MR) is 37.6 cm³/mol. The topological polar surface area (TPSA) is 18.5 Å². The van der Waals surface area contributed by atoms with E-state index in [0.717, 1.165) is 25.9 Å². The monoisotopic (exact) mass is 140 g/mol. The van der Waals surface area contributed by atoms with Gasteiger partial charge in [-0.15, -0.1) is 0 Å². The molecular formula is C8H12O2. The Bertz CT molecular complexity index is 126. The SMILES string of the molecule is C1=CO[C@@H]2CCCO[C@@H]2C1. The molecule has 2 heteroatoms. The molecule has 0 amide bonds. The zero-order valence-corrected chi connectivity index (χ0v) is 5.95. The minimum absolute atomic E-state index is 0.346. The van der Waals surface area contributed by atoms with Crippen molar-refractivity contribution in [1.82, 2.24) is 0 Å². The summed E-state index contributed by atoms with van der Waals surface area (Å²) in [6, 6.07) is 0. The van der Waals surface area contributed by atoms with Gasteiger partial charge in [0.2, 0.25) is 0 Å². The minimum atomic E-state index is 0.346. The number of hydrogen-bond donors (Lipinski definition) is 0. The van der Waals surface area contributed by atoms with Crippen LogP contribution in [0.2, 0.25) is 0 Å².